The van der Waals surface area contributed by atoms with Gasteiger partial charge in [0.2, 0.25) is 0 Å². The molecule has 1 aromatic rings. The van der Waals surface area contributed by atoms with Crippen LogP contribution in [0, 0.1) is 5.82 Å². The minimum Gasteiger partial charge on any atom is -0.334 e. The molecule has 19 heavy (non-hydrogen) atoms. The van der Waals surface area contributed by atoms with Gasteiger partial charge in [-0.05, 0) is 38.3 Å². The Bertz CT molecular complexity index is 439. The number of hydrogen-bond donors (Lipinski definition) is 1. The maximum Gasteiger partial charge on any atom is 0.257 e. The Morgan fingerprint density at radius 3 is 2.74 bits per heavy atom. The zero-order valence-corrected chi connectivity index (χ0v) is 11.8. The molecular weight excluding hydrogens is 267 g/mol. The van der Waals surface area contributed by atoms with Crippen LogP contribution < -0.4 is 5.73 Å². The summed E-state index contributed by atoms with van der Waals surface area (Å²) in [5.41, 5.74) is 6.07. The van der Waals surface area contributed by atoms with E-state index in [1.807, 2.05) is 6.92 Å². The number of carbonyl (C=O) groups is 1. The number of nitrogens with zero attached hydrogens (tertiary/aromatic N) is 1. The minimum absolute atomic E-state index is 0. The summed E-state index contributed by atoms with van der Waals surface area (Å²) >= 11 is 0. The molecule has 3 nitrogen and oxygen atoms in total. The highest BCUT2D eigenvalue weighted by Crippen LogP contribution is 2.22. The number of amides is 1. The first-order chi connectivity index (χ1) is 8.61. The summed E-state index contributed by atoms with van der Waals surface area (Å²) in [6, 6.07) is 6.06. The molecular formula is C14H20ClFN2O. The van der Waals surface area contributed by atoms with Crippen molar-refractivity contribution >= 4 is 18.3 Å². The Kier molecular flexibility index (Phi) is 5.76. The van der Waals surface area contributed by atoms with Gasteiger partial charge in [0.25, 0.3) is 5.91 Å². The third kappa shape index (κ3) is 3.45. The molecule has 1 heterocycles. The summed E-state index contributed by atoms with van der Waals surface area (Å²) in [7, 11) is 0. The largest absolute Gasteiger partial charge is 0.334 e. The highest BCUT2D eigenvalue weighted by atomic mass is 35.5. The molecule has 5 heteroatoms. The van der Waals surface area contributed by atoms with Crippen molar-refractivity contribution in [3.8, 4) is 0 Å². The first kappa shape index (κ1) is 15.9. The van der Waals surface area contributed by atoms with Gasteiger partial charge in [-0.15, -0.1) is 12.4 Å². The summed E-state index contributed by atoms with van der Waals surface area (Å²) < 4.78 is 13.6. The van der Waals surface area contributed by atoms with E-state index in [0.717, 1.165) is 19.3 Å². The van der Waals surface area contributed by atoms with Gasteiger partial charge in [-0.3, -0.25) is 4.79 Å². The third-order valence-corrected chi connectivity index (χ3v) is 3.52. The molecule has 0 spiro atoms. The molecule has 1 saturated heterocycles. The lowest BCUT2D eigenvalue weighted by atomic mass is 9.96. The maximum absolute atomic E-state index is 13.6. The van der Waals surface area contributed by atoms with E-state index < -0.39 is 5.82 Å². The predicted octanol–water partition coefficient (Wildman–Crippen LogP) is 2.59. The van der Waals surface area contributed by atoms with E-state index in [9.17, 15) is 9.18 Å². The lowest BCUT2D eigenvalue weighted by Crippen LogP contribution is -2.51. The SMILES string of the molecule is CC(N)C1CCCCN1C(=O)c1ccccc1F.Cl. The predicted molar refractivity (Wildman–Crippen MR) is 76.0 cm³/mol. The van der Waals surface area contributed by atoms with E-state index in [2.05, 4.69) is 0 Å². The van der Waals surface area contributed by atoms with Crippen molar-refractivity contribution in [2.75, 3.05) is 6.54 Å². The Morgan fingerprint density at radius 1 is 1.42 bits per heavy atom. The molecule has 0 bridgehead atoms. The fourth-order valence-electron chi connectivity index (χ4n) is 2.55. The van der Waals surface area contributed by atoms with Crippen LogP contribution >= 0.6 is 12.4 Å². The van der Waals surface area contributed by atoms with Crippen molar-refractivity contribution in [3.05, 3.63) is 35.6 Å². The molecule has 2 atom stereocenters. The molecule has 1 aliphatic heterocycles. The number of likely N-dealkylation sites (tertiary alicyclic amines) is 1. The van der Waals surface area contributed by atoms with Gasteiger partial charge in [0, 0.05) is 18.6 Å². The van der Waals surface area contributed by atoms with Gasteiger partial charge in [-0.25, -0.2) is 4.39 Å². The highest BCUT2D eigenvalue weighted by Gasteiger charge is 2.30. The topological polar surface area (TPSA) is 46.3 Å². The number of piperidine rings is 1. The first-order valence-corrected chi connectivity index (χ1v) is 6.42. The van der Waals surface area contributed by atoms with E-state index in [0.29, 0.717) is 6.54 Å². The number of nitrogens with two attached hydrogens (primary N) is 1. The van der Waals surface area contributed by atoms with Gasteiger partial charge in [0.05, 0.1) is 5.56 Å². The molecule has 1 aliphatic rings. The van der Waals surface area contributed by atoms with Gasteiger partial charge >= 0.3 is 0 Å². The fourth-order valence-corrected chi connectivity index (χ4v) is 2.55. The Morgan fingerprint density at radius 2 is 2.11 bits per heavy atom. The Balaban J connectivity index is 0.00000180. The van der Waals surface area contributed by atoms with E-state index in [4.69, 9.17) is 5.73 Å². The minimum atomic E-state index is -0.462. The standard InChI is InChI=1S/C14H19FN2O.ClH/c1-10(16)13-8-4-5-9-17(13)14(18)11-6-2-3-7-12(11)15;/h2-3,6-7,10,13H,4-5,8-9,16H2,1H3;1H. The van der Waals surface area contributed by atoms with Crippen molar-refractivity contribution < 1.29 is 9.18 Å². The maximum atomic E-state index is 13.6. The summed E-state index contributed by atoms with van der Waals surface area (Å²) in [6.07, 6.45) is 2.94. The zero-order valence-electron chi connectivity index (χ0n) is 11.0. The van der Waals surface area contributed by atoms with Crippen LogP contribution in [0.2, 0.25) is 0 Å². The van der Waals surface area contributed by atoms with Crippen LogP contribution in [0.5, 0.6) is 0 Å². The quantitative estimate of drug-likeness (QED) is 0.908. The van der Waals surface area contributed by atoms with Crippen molar-refractivity contribution in [2.45, 2.75) is 38.3 Å². The summed E-state index contributed by atoms with van der Waals surface area (Å²) in [6.45, 7) is 2.57. The number of rotatable bonds is 2. The fraction of sp³-hybridized carbons (Fsp3) is 0.500. The van der Waals surface area contributed by atoms with Gasteiger partial charge < -0.3 is 10.6 Å². The smallest absolute Gasteiger partial charge is 0.257 e. The third-order valence-electron chi connectivity index (χ3n) is 3.52. The Labute approximate surface area is 119 Å². The molecule has 1 aromatic carbocycles. The monoisotopic (exact) mass is 286 g/mol. The molecule has 0 saturated carbocycles. The molecule has 1 fully saturated rings. The van der Waals surface area contributed by atoms with Crippen LogP contribution in [-0.4, -0.2) is 29.4 Å². The second-order valence-electron chi connectivity index (χ2n) is 4.90. The van der Waals surface area contributed by atoms with Crippen molar-refractivity contribution in [1.29, 1.82) is 0 Å². The van der Waals surface area contributed by atoms with Gasteiger partial charge in [0.1, 0.15) is 5.82 Å². The molecule has 2 unspecified atom stereocenters. The average Bonchev–Trinajstić information content (AvgIpc) is 2.38. The second-order valence-corrected chi connectivity index (χ2v) is 4.90. The van der Waals surface area contributed by atoms with Gasteiger partial charge in [0.15, 0.2) is 0 Å². The van der Waals surface area contributed by atoms with Crippen LogP contribution in [0.25, 0.3) is 0 Å². The van der Waals surface area contributed by atoms with E-state index in [1.54, 1.807) is 17.0 Å². The highest BCUT2D eigenvalue weighted by molar-refractivity contribution is 5.94. The molecule has 0 aromatic heterocycles. The summed E-state index contributed by atoms with van der Waals surface area (Å²) in [5.74, 6) is -0.702. The van der Waals surface area contributed by atoms with Crippen molar-refractivity contribution in [2.24, 2.45) is 5.73 Å². The average molecular weight is 287 g/mol. The van der Waals surface area contributed by atoms with E-state index in [-0.39, 0.29) is 36.0 Å². The van der Waals surface area contributed by atoms with Crippen LogP contribution in [-0.2, 0) is 0 Å². The summed E-state index contributed by atoms with van der Waals surface area (Å²) in [4.78, 5) is 14.1. The van der Waals surface area contributed by atoms with Crippen LogP contribution in [0.4, 0.5) is 4.39 Å². The van der Waals surface area contributed by atoms with Gasteiger partial charge in [-0.1, -0.05) is 12.1 Å². The molecule has 0 aliphatic carbocycles. The van der Waals surface area contributed by atoms with Crippen molar-refractivity contribution in [3.63, 3.8) is 0 Å². The number of carbonyl (C=O) groups excluding carboxylic acids is 1. The van der Waals surface area contributed by atoms with Crippen LogP contribution in [0.1, 0.15) is 36.5 Å². The van der Waals surface area contributed by atoms with Crippen LogP contribution in [0.15, 0.2) is 24.3 Å². The number of halogens is 2. The zero-order chi connectivity index (χ0) is 13.1. The number of hydrogen-bond acceptors (Lipinski definition) is 2. The summed E-state index contributed by atoms with van der Waals surface area (Å²) in [5, 5.41) is 0. The Hall–Kier alpha value is -1.13. The molecule has 2 N–H and O–H groups in total. The van der Waals surface area contributed by atoms with Crippen molar-refractivity contribution in [1.82, 2.24) is 4.90 Å². The molecule has 106 valence electrons. The number of benzene rings is 1. The van der Waals surface area contributed by atoms with Gasteiger partial charge in [-0.2, -0.15) is 0 Å². The lowest BCUT2D eigenvalue weighted by Gasteiger charge is -2.38. The second kappa shape index (κ2) is 6.87. The lowest BCUT2D eigenvalue weighted by molar-refractivity contribution is 0.0579. The van der Waals surface area contributed by atoms with E-state index >= 15 is 0 Å². The molecule has 1 amide bonds. The molecule has 2 rings (SSSR count). The molecule has 0 radical (unpaired) electrons. The van der Waals surface area contributed by atoms with E-state index in [1.165, 1.54) is 12.1 Å². The first-order valence-electron chi connectivity index (χ1n) is 6.42. The normalized spacial score (nSPS) is 20.6. The van der Waals surface area contributed by atoms with Crippen LogP contribution in [0.3, 0.4) is 0 Å².